The first-order valence-electron chi connectivity index (χ1n) is 9.47. The Labute approximate surface area is 168 Å². The molecule has 0 radical (unpaired) electrons. The molecule has 2 aromatic heterocycles. The standard InChI is InChI=1S/C17H24N4O.C2H4F3NO/c1-4-13-9-14(11-19-10-13)15-12-20-16(22-15)17(2,3)21-7-5-18-6-8-21;3-2(4,5)1-6-7/h9-12,18H,4-8H2,1-3H3;6-7H,1H2. The van der Waals surface area contributed by atoms with Gasteiger partial charge in [0.05, 0.1) is 11.7 Å². The number of halogens is 3. The molecule has 3 heterocycles. The molecule has 0 atom stereocenters. The van der Waals surface area contributed by atoms with Gasteiger partial charge in [-0.1, -0.05) is 6.92 Å². The Morgan fingerprint density at radius 1 is 1.21 bits per heavy atom. The largest absolute Gasteiger partial charge is 0.439 e. The van der Waals surface area contributed by atoms with Crippen molar-refractivity contribution in [3.8, 4) is 11.3 Å². The molecule has 10 heteroatoms. The summed E-state index contributed by atoms with van der Waals surface area (Å²) in [6.45, 7) is 9.17. The summed E-state index contributed by atoms with van der Waals surface area (Å²) in [6, 6.07) is 2.12. The Morgan fingerprint density at radius 2 is 1.90 bits per heavy atom. The van der Waals surface area contributed by atoms with Gasteiger partial charge in [-0.05, 0) is 31.9 Å². The van der Waals surface area contributed by atoms with Crippen LogP contribution in [0.5, 0.6) is 0 Å². The number of hydrogen-bond donors (Lipinski definition) is 3. The van der Waals surface area contributed by atoms with Gasteiger partial charge in [0.2, 0.25) is 5.89 Å². The van der Waals surface area contributed by atoms with E-state index in [9.17, 15) is 13.2 Å². The molecule has 1 saturated heterocycles. The Morgan fingerprint density at radius 3 is 2.45 bits per heavy atom. The number of hydrogen-bond acceptors (Lipinski definition) is 7. The quantitative estimate of drug-likeness (QED) is 0.648. The summed E-state index contributed by atoms with van der Waals surface area (Å²) in [6.07, 6.45) is 2.20. The Hall–Kier alpha value is -2.01. The number of hydroxylamine groups is 1. The molecule has 0 saturated carbocycles. The zero-order valence-corrected chi connectivity index (χ0v) is 16.9. The van der Waals surface area contributed by atoms with E-state index in [2.05, 4.69) is 47.0 Å². The first-order chi connectivity index (χ1) is 13.7. The summed E-state index contributed by atoms with van der Waals surface area (Å²) in [5.41, 5.74) is 2.98. The fraction of sp³-hybridized carbons (Fsp3) is 0.579. The van der Waals surface area contributed by atoms with E-state index in [1.807, 2.05) is 18.6 Å². The van der Waals surface area contributed by atoms with Crippen molar-refractivity contribution in [3.63, 3.8) is 0 Å². The number of rotatable bonds is 5. The van der Waals surface area contributed by atoms with E-state index in [1.54, 1.807) is 0 Å². The molecule has 0 bridgehead atoms. The summed E-state index contributed by atoms with van der Waals surface area (Å²) in [5, 5.41) is 10.8. The number of nitrogens with zero attached hydrogens (tertiary/aromatic N) is 3. The van der Waals surface area contributed by atoms with Gasteiger partial charge in [-0.2, -0.15) is 18.7 Å². The number of aryl methyl sites for hydroxylation is 1. The summed E-state index contributed by atoms with van der Waals surface area (Å²) < 4.78 is 38.6. The highest BCUT2D eigenvalue weighted by Gasteiger charge is 2.34. The first-order valence-corrected chi connectivity index (χ1v) is 9.47. The molecule has 1 aliphatic rings. The van der Waals surface area contributed by atoms with Crippen molar-refractivity contribution in [2.24, 2.45) is 0 Å². The van der Waals surface area contributed by atoms with Crippen molar-refractivity contribution in [1.29, 1.82) is 0 Å². The molecule has 0 amide bonds. The minimum atomic E-state index is -4.31. The second-order valence-electron chi connectivity index (χ2n) is 7.21. The third kappa shape index (κ3) is 6.77. The van der Waals surface area contributed by atoms with Crippen LogP contribution in [0.4, 0.5) is 13.2 Å². The minimum absolute atomic E-state index is 0.198. The predicted molar refractivity (Wildman–Crippen MR) is 102 cm³/mol. The number of alkyl halides is 3. The lowest BCUT2D eigenvalue weighted by molar-refractivity contribution is -0.140. The van der Waals surface area contributed by atoms with Crippen molar-refractivity contribution in [1.82, 2.24) is 25.7 Å². The van der Waals surface area contributed by atoms with E-state index in [1.165, 1.54) is 5.56 Å². The van der Waals surface area contributed by atoms with E-state index >= 15 is 0 Å². The van der Waals surface area contributed by atoms with Crippen molar-refractivity contribution < 1.29 is 22.8 Å². The van der Waals surface area contributed by atoms with E-state index in [4.69, 9.17) is 9.62 Å². The highest BCUT2D eigenvalue weighted by Crippen LogP contribution is 2.30. The highest BCUT2D eigenvalue weighted by atomic mass is 19.4. The van der Waals surface area contributed by atoms with Crippen LogP contribution in [-0.4, -0.2) is 59.0 Å². The van der Waals surface area contributed by atoms with Gasteiger partial charge in [-0.25, -0.2) is 4.98 Å². The van der Waals surface area contributed by atoms with Gasteiger partial charge in [-0.15, -0.1) is 0 Å². The summed E-state index contributed by atoms with van der Waals surface area (Å²) in [5.74, 6) is 1.56. The second kappa shape index (κ2) is 10.1. The van der Waals surface area contributed by atoms with Gasteiger partial charge >= 0.3 is 6.18 Å². The Kier molecular flexibility index (Phi) is 8.14. The smallest absolute Gasteiger partial charge is 0.403 e. The molecule has 3 rings (SSSR count). The van der Waals surface area contributed by atoms with E-state index in [0.29, 0.717) is 0 Å². The Bertz CT molecular complexity index is 758. The van der Waals surface area contributed by atoms with E-state index in [-0.39, 0.29) is 5.54 Å². The molecule has 7 nitrogen and oxygen atoms in total. The molecular weight excluding hydrogens is 387 g/mol. The van der Waals surface area contributed by atoms with E-state index in [0.717, 1.165) is 55.3 Å². The third-order valence-electron chi connectivity index (χ3n) is 4.70. The van der Waals surface area contributed by atoms with Crippen molar-refractivity contribution >= 4 is 0 Å². The average Bonchev–Trinajstić information content (AvgIpc) is 3.19. The van der Waals surface area contributed by atoms with Crippen LogP contribution in [0.25, 0.3) is 11.3 Å². The van der Waals surface area contributed by atoms with Gasteiger partial charge in [-0.3, -0.25) is 9.88 Å². The zero-order valence-electron chi connectivity index (χ0n) is 16.9. The fourth-order valence-electron chi connectivity index (χ4n) is 2.95. The normalized spacial score (nSPS) is 15.7. The molecule has 0 aromatic carbocycles. The van der Waals surface area contributed by atoms with Gasteiger partial charge in [0.1, 0.15) is 6.54 Å². The molecule has 0 spiro atoms. The number of piperazine rings is 1. The number of oxazole rings is 1. The van der Waals surface area contributed by atoms with Crippen LogP contribution in [0.3, 0.4) is 0 Å². The van der Waals surface area contributed by atoms with Gasteiger partial charge in [0, 0.05) is 44.1 Å². The van der Waals surface area contributed by atoms with Crippen molar-refractivity contribution in [2.75, 3.05) is 32.7 Å². The third-order valence-corrected chi connectivity index (χ3v) is 4.70. The SMILES string of the molecule is CCc1cncc(-c2cnc(C(C)(C)N3CCNCC3)o2)c1.ONCC(F)(F)F. The number of aromatic nitrogens is 2. The molecule has 1 aliphatic heterocycles. The lowest BCUT2D eigenvalue weighted by atomic mass is 10.0. The number of pyridine rings is 1. The van der Waals surface area contributed by atoms with Gasteiger partial charge in [0.25, 0.3) is 0 Å². The molecule has 1 fully saturated rings. The van der Waals surface area contributed by atoms with Crippen LogP contribution >= 0.6 is 0 Å². The molecule has 29 heavy (non-hydrogen) atoms. The highest BCUT2D eigenvalue weighted by molar-refractivity contribution is 5.55. The molecule has 0 aliphatic carbocycles. The lowest BCUT2D eigenvalue weighted by Crippen LogP contribution is -2.51. The second-order valence-corrected chi connectivity index (χ2v) is 7.21. The fourth-order valence-corrected chi connectivity index (χ4v) is 2.95. The molecule has 0 unspecified atom stereocenters. The van der Waals surface area contributed by atoms with Crippen molar-refractivity contribution in [3.05, 3.63) is 36.1 Å². The first kappa shape index (κ1) is 23.3. The maximum absolute atomic E-state index is 10.8. The van der Waals surface area contributed by atoms with Crippen LogP contribution < -0.4 is 10.8 Å². The topological polar surface area (TPSA) is 86.5 Å². The average molecular weight is 415 g/mol. The zero-order chi connectivity index (χ0) is 21.5. The predicted octanol–water partition coefficient (Wildman–Crippen LogP) is 2.97. The molecule has 3 N–H and O–H groups in total. The Balaban J connectivity index is 0.000000370. The van der Waals surface area contributed by atoms with Crippen LogP contribution in [0.15, 0.2) is 29.1 Å². The van der Waals surface area contributed by atoms with Crippen LogP contribution in [0.2, 0.25) is 0 Å². The summed E-state index contributed by atoms with van der Waals surface area (Å²) in [7, 11) is 0. The molecular formula is C19H28F3N5O2. The van der Waals surface area contributed by atoms with Crippen LogP contribution in [0, 0.1) is 0 Å². The number of nitrogens with one attached hydrogen (secondary N) is 2. The monoisotopic (exact) mass is 415 g/mol. The van der Waals surface area contributed by atoms with Gasteiger partial charge < -0.3 is 14.9 Å². The van der Waals surface area contributed by atoms with Gasteiger partial charge in [0.15, 0.2) is 5.76 Å². The van der Waals surface area contributed by atoms with Crippen LogP contribution in [0.1, 0.15) is 32.2 Å². The minimum Gasteiger partial charge on any atom is -0.439 e. The van der Waals surface area contributed by atoms with Crippen molar-refractivity contribution in [2.45, 2.75) is 38.9 Å². The summed E-state index contributed by atoms with van der Waals surface area (Å²) in [4.78, 5) is 11.2. The maximum atomic E-state index is 10.8. The maximum Gasteiger partial charge on any atom is 0.403 e. The molecule has 2 aromatic rings. The molecule has 162 valence electrons. The van der Waals surface area contributed by atoms with E-state index < -0.39 is 12.7 Å². The van der Waals surface area contributed by atoms with Crippen LogP contribution in [-0.2, 0) is 12.0 Å². The lowest BCUT2D eigenvalue weighted by Gasteiger charge is -2.38. The summed E-state index contributed by atoms with van der Waals surface area (Å²) >= 11 is 0.